The number of aromatic nitrogens is 3. The number of hydrogen-bond acceptors (Lipinski definition) is 3. The molecule has 1 aromatic heterocycles. The van der Waals surface area contributed by atoms with Crippen LogP contribution in [-0.4, -0.2) is 15.0 Å². The molecule has 0 atom stereocenters. The maximum absolute atomic E-state index is 6.11. The Labute approximate surface area is 107 Å². The highest BCUT2D eigenvalue weighted by Crippen LogP contribution is 2.29. The minimum absolute atomic E-state index is 0.434. The standard InChI is InChI=1S/C10H10BrClN4/c1-16-9(10(11)14-15-16)6-2-3-7(5-13)8(12)4-6/h2-4H,5,13H2,1H3. The third-order valence-electron chi connectivity index (χ3n) is 2.33. The molecule has 2 N–H and O–H groups in total. The van der Waals surface area contributed by atoms with E-state index in [1.807, 2.05) is 25.2 Å². The molecule has 2 aromatic rings. The summed E-state index contributed by atoms with van der Waals surface area (Å²) < 4.78 is 2.39. The number of hydrogen-bond donors (Lipinski definition) is 1. The van der Waals surface area contributed by atoms with Crippen molar-refractivity contribution in [1.29, 1.82) is 0 Å². The van der Waals surface area contributed by atoms with Crippen LogP contribution >= 0.6 is 27.5 Å². The number of benzene rings is 1. The Balaban J connectivity index is 2.53. The fraction of sp³-hybridized carbons (Fsp3) is 0.200. The highest BCUT2D eigenvalue weighted by Gasteiger charge is 2.11. The molecule has 0 aliphatic carbocycles. The van der Waals surface area contributed by atoms with Crippen LogP contribution in [0.5, 0.6) is 0 Å². The molecule has 2 rings (SSSR count). The van der Waals surface area contributed by atoms with E-state index < -0.39 is 0 Å². The first kappa shape index (κ1) is 11.6. The quantitative estimate of drug-likeness (QED) is 0.926. The van der Waals surface area contributed by atoms with Crippen LogP contribution in [0.3, 0.4) is 0 Å². The lowest BCUT2D eigenvalue weighted by Crippen LogP contribution is -1.98. The molecule has 0 saturated heterocycles. The van der Waals surface area contributed by atoms with Gasteiger partial charge < -0.3 is 5.73 Å². The lowest BCUT2D eigenvalue weighted by molar-refractivity contribution is 0.720. The van der Waals surface area contributed by atoms with Crippen molar-refractivity contribution in [3.8, 4) is 11.3 Å². The number of nitrogens with zero attached hydrogens (tertiary/aromatic N) is 3. The summed E-state index contributed by atoms with van der Waals surface area (Å²) in [6, 6.07) is 5.74. The van der Waals surface area contributed by atoms with Crippen LogP contribution in [0, 0.1) is 0 Å². The third-order valence-corrected chi connectivity index (χ3v) is 3.22. The molecule has 0 saturated carbocycles. The van der Waals surface area contributed by atoms with Gasteiger partial charge in [-0.05, 0) is 27.6 Å². The van der Waals surface area contributed by atoms with E-state index in [1.54, 1.807) is 4.68 Å². The first-order valence-corrected chi connectivity index (χ1v) is 5.84. The Kier molecular flexibility index (Phi) is 3.28. The van der Waals surface area contributed by atoms with Crippen LogP contribution in [0.4, 0.5) is 0 Å². The minimum atomic E-state index is 0.434. The zero-order chi connectivity index (χ0) is 11.7. The van der Waals surface area contributed by atoms with Crippen molar-refractivity contribution in [2.45, 2.75) is 6.54 Å². The SMILES string of the molecule is Cn1nnc(Br)c1-c1ccc(CN)c(Cl)c1. The van der Waals surface area contributed by atoms with Crippen LogP contribution in [0.1, 0.15) is 5.56 Å². The van der Waals surface area contributed by atoms with Crippen molar-refractivity contribution in [3.63, 3.8) is 0 Å². The van der Waals surface area contributed by atoms with E-state index in [0.29, 0.717) is 16.2 Å². The summed E-state index contributed by atoms with van der Waals surface area (Å²) in [4.78, 5) is 0. The van der Waals surface area contributed by atoms with Crippen LogP contribution in [-0.2, 0) is 13.6 Å². The van der Waals surface area contributed by atoms with Crippen LogP contribution < -0.4 is 5.73 Å². The first-order chi connectivity index (χ1) is 7.63. The summed E-state index contributed by atoms with van der Waals surface area (Å²) in [7, 11) is 1.83. The van der Waals surface area contributed by atoms with Crippen molar-refractivity contribution < 1.29 is 0 Å². The van der Waals surface area contributed by atoms with Gasteiger partial charge in [0.2, 0.25) is 0 Å². The summed E-state index contributed by atoms with van der Waals surface area (Å²) in [5, 5.41) is 8.50. The smallest absolute Gasteiger partial charge is 0.156 e. The predicted molar refractivity (Wildman–Crippen MR) is 67.0 cm³/mol. The molecule has 16 heavy (non-hydrogen) atoms. The number of rotatable bonds is 2. The second-order valence-corrected chi connectivity index (χ2v) is 4.52. The molecule has 0 fully saturated rings. The monoisotopic (exact) mass is 300 g/mol. The second-order valence-electron chi connectivity index (χ2n) is 3.36. The van der Waals surface area contributed by atoms with Gasteiger partial charge >= 0.3 is 0 Å². The van der Waals surface area contributed by atoms with E-state index >= 15 is 0 Å². The average molecular weight is 302 g/mol. The summed E-state index contributed by atoms with van der Waals surface area (Å²) in [5.74, 6) is 0. The minimum Gasteiger partial charge on any atom is -0.326 e. The van der Waals surface area contributed by atoms with Crippen molar-refractivity contribution in [2.75, 3.05) is 0 Å². The van der Waals surface area contributed by atoms with Crippen LogP contribution in [0.25, 0.3) is 11.3 Å². The van der Waals surface area contributed by atoms with Crippen molar-refractivity contribution in [2.24, 2.45) is 12.8 Å². The summed E-state index contributed by atoms with van der Waals surface area (Å²) in [5.41, 5.74) is 8.34. The zero-order valence-corrected chi connectivity index (χ0v) is 11.0. The van der Waals surface area contributed by atoms with Crippen molar-refractivity contribution in [1.82, 2.24) is 15.0 Å². The second kappa shape index (κ2) is 4.53. The Bertz CT molecular complexity index is 504. The number of halogens is 2. The highest BCUT2D eigenvalue weighted by molar-refractivity contribution is 9.10. The maximum atomic E-state index is 6.11. The molecule has 0 aliphatic rings. The lowest BCUT2D eigenvalue weighted by atomic mass is 10.1. The van der Waals surface area contributed by atoms with E-state index in [-0.39, 0.29) is 0 Å². The first-order valence-electron chi connectivity index (χ1n) is 4.67. The van der Waals surface area contributed by atoms with E-state index in [2.05, 4.69) is 26.2 Å². The molecule has 1 heterocycles. The molecule has 4 nitrogen and oxygen atoms in total. The van der Waals surface area contributed by atoms with Crippen LogP contribution in [0.2, 0.25) is 5.02 Å². The Morgan fingerprint density at radius 1 is 1.50 bits per heavy atom. The number of nitrogens with two attached hydrogens (primary N) is 1. The molecular formula is C10H10BrClN4. The van der Waals surface area contributed by atoms with Gasteiger partial charge in [-0.15, -0.1) is 5.10 Å². The Morgan fingerprint density at radius 3 is 2.75 bits per heavy atom. The van der Waals surface area contributed by atoms with Crippen molar-refractivity contribution in [3.05, 3.63) is 33.4 Å². The highest BCUT2D eigenvalue weighted by atomic mass is 79.9. The lowest BCUT2D eigenvalue weighted by Gasteiger charge is -2.05. The summed E-state index contributed by atoms with van der Waals surface area (Å²) in [6.45, 7) is 0.434. The third kappa shape index (κ3) is 1.98. The van der Waals surface area contributed by atoms with Gasteiger partial charge in [0.15, 0.2) is 4.60 Å². The fourth-order valence-electron chi connectivity index (χ4n) is 1.50. The molecule has 0 spiro atoms. The van der Waals surface area contributed by atoms with Gasteiger partial charge in [0.25, 0.3) is 0 Å². The molecule has 0 bridgehead atoms. The van der Waals surface area contributed by atoms with Gasteiger partial charge in [-0.2, -0.15) is 0 Å². The average Bonchev–Trinajstić information content (AvgIpc) is 2.58. The van der Waals surface area contributed by atoms with E-state index in [1.165, 1.54) is 0 Å². The topological polar surface area (TPSA) is 56.7 Å². The molecule has 6 heteroatoms. The van der Waals surface area contributed by atoms with Gasteiger partial charge in [0.1, 0.15) is 5.69 Å². The molecular weight excluding hydrogens is 291 g/mol. The number of aryl methyl sites for hydroxylation is 1. The summed E-state index contributed by atoms with van der Waals surface area (Å²) >= 11 is 9.46. The van der Waals surface area contributed by atoms with Gasteiger partial charge in [-0.3, -0.25) is 0 Å². The fourth-order valence-corrected chi connectivity index (χ4v) is 2.31. The van der Waals surface area contributed by atoms with E-state index in [4.69, 9.17) is 17.3 Å². The van der Waals surface area contributed by atoms with E-state index in [0.717, 1.165) is 16.8 Å². The largest absolute Gasteiger partial charge is 0.326 e. The van der Waals surface area contributed by atoms with Crippen LogP contribution in [0.15, 0.2) is 22.8 Å². The molecule has 1 aromatic carbocycles. The molecule has 0 radical (unpaired) electrons. The van der Waals surface area contributed by atoms with Gasteiger partial charge in [-0.1, -0.05) is 28.9 Å². The van der Waals surface area contributed by atoms with E-state index in [9.17, 15) is 0 Å². The van der Waals surface area contributed by atoms with Crippen molar-refractivity contribution >= 4 is 27.5 Å². The van der Waals surface area contributed by atoms with Gasteiger partial charge in [0, 0.05) is 24.2 Å². The molecule has 0 aliphatic heterocycles. The normalized spacial score (nSPS) is 10.8. The molecule has 0 amide bonds. The Morgan fingerprint density at radius 2 is 2.25 bits per heavy atom. The zero-order valence-electron chi connectivity index (χ0n) is 8.61. The van der Waals surface area contributed by atoms with Gasteiger partial charge in [0.05, 0.1) is 0 Å². The summed E-state index contributed by atoms with van der Waals surface area (Å²) in [6.07, 6.45) is 0. The predicted octanol–water partition coefficient (Wildman–Crippen LogP) is 2.36. The Hall–Kier alpha value is -0.910. The van der Waals surface area contributed by atoms with Gasteiger partial charge in [-0.25, -0.2) is 4.68 Å². The molecule has 0 unspecified atom stereocenters. The molecule has 84 valence electrons. The maximum Gasteiger partial charge on any atom is 0.156 e.